The zero-order valence-corrected chi connectivity index (χ0v) is 12.4. The van der Waals surface area contributed by atoms with Gasteiger partial charge < -0.3 is 15.3 Å². The van der Waals surface area contributed by atoms with Gasteiger partial charge in [-0.25, -0.2) is 4.98 Å². The largest absolute Gasteiger partial charge is 0.392 e. The summed E-state index contributed by atoms with van der Waals surface area (Å²) < 4.78 is 0. The second kappa shape index (κ2) is 6.33. The topological polar surface area (TPSA) is 48.4 Å². The third-order valence-corrected chi connectivity index (χ3v) is 4.10. The highest BCUT2D eigenvalue weighted by Gasteiger charge is 2.24. The highest BCUT2D eigenvalue weighted by molar-refractivity contribution is 6.32. The van der Waals surface area contributed by atoms with Crippen molar-refractivity contribution in [1.29, 1.82) is 0 Å². The summed E-state index contributed by atoms with van der Waals surface area (Å²) >= 11 is 6.13. The first-order valence-corrected chi connectivity index (χ1v) is 7.46. The third-order valence-electron chi connectivity index (χ3n) is 3.79. The molecule has 1 aromatic heterocycles. The van der Waals surface area contributed by atoms with E-state index in [1.54, 1.807) is 6.20 Å². The minimum Gasteiger partial charge on any atom is -0.392 e. The van der Waals surface area contributed by atoms with E-state index < -0.39 is 0 Å². The molecule has 2 heterocycles. The molecule has 0 saturated carbocycles. The van der Waals surface area contributed by atoms with Gasteiger partial charge >= 0.3 is 0 Å². The molecule has 1 aliphatic rings. The number of nitrogens with one attached hydrogen (secondary N) is 1. The van der Waals surface area contributed by atoms with Crippen LogP contribution in [-0.2, 0) is 6.61 Å². The van der Waals surface area contributed by atoms with Crippen molar-refractivity contribution in [2.75, 3.05) is 23.3 Å². The van der Waals surface area contributed by atoms with Crippen LogP contribution in [0.5, 0.6) is 0 Å². The lowest BCUT2D eigenvalue weighted by Crippen LogP contribution is -2.27. The van der Waals surface area contributed by atoms with Crippen LogP contribution in [0.25, 0.3) is 0 Å². The first kappa shape index (κ1) is 14.2. The fraction of sp³-hybridized carbons (Fsp3) is 0.312. The van der Waals surface area contributed by atoms with Gasteiger partial charge in [-0.05, 0) is 24.6 Å². The molecule has 1 atom stereocenters. The normalized spacial score (nSPS) is 18.0. The van der Waals surface area contributed by atoms with Crippen LogP contribution in [0.1, 0.15) is 12.0 Å². The molecule has 4 nitrogen and oxygen atoms in total. The third kappa shape index (κ3) is 3.12. The Labute approximate surface area is 129 Å². The highest BCUT2D eigenvalue weighted by Crippen LogP contribution is 2.27. The van der Waals surface area contributed by atoms with Crippen molar-refractivity contribution in [3.63, 3.8) is 0 Å². The minimum absolute atomic E-state index is 0.0663. The summed E-state index contributed by atoms with van der Waals surface area (Å²) in [5.74, 6) is 0.737. The Morgan fingerprint density at radius 1 is 1.29 bits per heavy atom. The number of hydrogen-bond donors (Lipinski definition) is 2. The lowest BCUT2D eigenvalue weighted by atomic mass is 10.2. The molecule has 0 radical (unpaired) electrons. The number of nitrogens with zero attached hydrogens (tertiary/aromatic N) is 2. The Morgan fingerprint density at radius 3 is 2.95 bits per heavy atom. The van der Waals surface area contributed by atoms with Crippen LogP contribution in [0.3, 0.4) is 0 Å². The van der Waals surface area contributed by atoms with E-state index in [4.69, 9.17) is 11.6 Å². The average molecular weight is 304 g/mol. The van der Waals surface area contributed by atoms with Crippen molar-refractivity contribution in [3.8, 4) is 0 Å². The van der Waals surface area contributed by atoms with Crippen molar-refractivity contribution < 1.29 is 5.11 Å². The van der Waals surface area contributed by atoms with E-state index in [-0.39, 0.29) is 6.61 Å². The quantitative estimate of drug-likeness (QED) is 0.912. The molecule has 1 fully saturated rings. The van der Waals surface area contributed by atoms with E-state index in [0.29, 0.717) is 11.1 Å². The van der Waals surface area contributed by atoms with Gasteiger partial charge in [-0.15, -0.1) is 0 Å². The second-order valence-corrected chi connectivity index (χ2v) is 5.60. The van der Waals surface area contributed by atoms with Crippen molar-refractivity contribution >= 4 is 23.1 Å². The lowest BCUT2D eigenvalue weighted by Gasteiger charge is -2.22. The van der Waals surface area contributed by atoms with Crippen molar-refractivity contribution in [1.82, 2.24) is 4.98 Å². The predicted octanol–water partition coefficient (Wildman–Crippen LogP) is 2.92. The van der Waals surface area contributed by atoms with Gasteiger partial charge in [-0.1, -0.05) is 29.8 Å². The van der Waals surface area contributed by atoms with E-state index in [0.717, 1.165) is 36.6 Å². The van der Waals surface area contributed by atoms with E-state index >= 15 is 0 Å². The van der Waals surface area contributed by atoms with Crippen LogP contribution in [0.15, 0.2) is 42.6 Å². The van der Waals surface area contributed by atoms with Gasteiger partial charge in [0.1, 0.15) is 5.82 Å². The molecule has 21 heavy (non-hydrogen) atoms. The number of aliphatic hydroxyl groups is 1. The molecule has 2 N–H and O–H groups in total. The Balaban J connectivity index is 1.70. The lowest BCUT2D eigenvalue weighted by molar-refractivity contribution is 0.282. The Kier molecular flexibility index (Phi) is 4.27. The fourth-order valence-electron chi connectivity index (χ4n) is 2.74. The summed E-state index contributed by atoms with van der Waals surface area (Å²) in [5, 5.41) is 13.5. The monoisotopic (exact) mass is 303 g/mol. The van der Waals surface area contributed by atoms with Gasteiger partial charge in [0.05, 0.1) is 11.6 Å². The average Bonchev–Trinajstić information content (AvgIpc) is 2.98. The smallest absolute Gasteiger partial charge is 0.145 e. The first-order chi connectivity index (χ1) is 10.3. The molecular weight excluding hydrogens is 286 g/mol. The highest BCUT2D eigenvalue weighted by atomic mass is 35.5. The van der Waals surface area contributed by atoms with Crippen molar-refractivity contribution in [2.24, 2.45) is 0 Å². The first-order valence-electron chi connectivity index (χ1n) is 7.08. The van der Waals surface area contributed by atoms with E-state index in [2.05, 4.69) is 21.3 Å². The van der Waals surface area contributed by atoms with Gasteiger partial charge in [0, 0.05) is 36.6 Å². The molecule has 1 saturated heterocycles. The molecule has 0 amide bonds. The molecule has 0 bridgehead atoms. The molecule has 110 valence electrons. The summed E-state index contributed by atoms with van der Waals surface area (Å²) in [6.07, 6.45) is 2.76. The molecule has 3 rings (SSSR count). The predicted molar refractivity (Wildman–Crippen MR) is 85.9 cm³/mol. The number of aliphatic hydroxyl groups excluding tert-OH is 1. The van der Waals surface area contributed by atoms with E-state index in [9.17, 15) is 5.11 Å². The maximum atomic E-state index is 9.45. The van der Waals surface area contributed by atoms with Gasteiger partial charge in [0.25, 0.3) is 0 Å². The van der Waals surface area contributed by atoms with Gasteiger partial charge in [0.15, 0.2) is 0 Å². The summed E-state index contributed by atoms with van der Waals surface area (Å²) in [5.41, 5.74) is 2.07. The molecule has 5 heteroatoms. The van der Waals surface area contributed by atoms with Crippen LogP contribution >= 0.6 is 11.6 Å². The summed E-state index contributed by atoms with van der Waals surface area (Å²) in [6.45, 7) is 1.90. The number of halogens is 1. The SMILES string of the molecule is OCc1ccccc1N1CC[C@H](Nc2ncccc2Cl)C1. The molecule has 2 aromatic rings. The van der Waals surface area contributed by atoms with Crippen molar-refractivity contribution in [3.05, 3.63) is 53.2 Å². The molecule has 1 aliphatic heterocycles. The number of rotatable bonds is 4. The number of pyridine rings is 1. The number of anilines is 2. The summed E-state index contributed by atoms with van der Waals surface area (Å²) in [4.78, 5) is 6.56. The summed E-state index contributed by atoms with van der Waals surface area (Å²) in [7, 11) is 0. The molecule has 0 spiro atoms. The molecule has 0 aliphatic carbocycles. The maximum absolute atomic E-state index is 9.45. The Hall–Kier alpha value is -1.78. The summed E-state index contributed by atoms with van der Waals surface area (Å²) in [6, 6.07) is 12.0. The van der Waals surface area contributed by atoms with Gasteiger partial charge in [0.2, 0.25) is 0 Å². The fourth-order valence-corrected chi connectivity index (χ4v) is 2.91. The van der Waals surface area contributed by atoms with Crippen LogP contribution in [0.4, 0.5) is 11.5 Å². The zero-order valence-electron chi connectivity index (χ0n) is 11.7. The molecule has 0 unspecified atom stereocenters. The van der Waals surface area contributed by atoms with E-state index in [1.807, 2.05) is 30.3 Å². The number of hydrogen-bond acceptors (Lipinski definition) is 4. The van der Waals surface area contributed by atoms with Crippen LogP contribution < -0.4 is 10.2 Å². The molecule has 1 aromatic carbocycles. The zero-order chi connectivity index (χ0) is 14.7. The van der Waals surface area contributed by atoms with Crippen LogP contribution in [-0.4, -0.2) is 29.2 Å². The number of benzene rings is 1. The van der Waals surface area contributed by atoms with Crippen LogP contribution in [0.2, 0.25) is 5.02 Å². The number of para-hydroxylation sites is 1. The molecular formula is C16H18ClN3O. The van der Waals surface area contributed by atoms with Crippen LogP contribution in [0, 0.1) is 0 Å². The van der Waals surface area contributed by atoms with Gasteiger partial charge in [-0.3, -0.25) is 0 Å². The van der Waals surface area contributed by atoms with Gasteiger partial charge in [-0.2, -0.15) is 0 Å². The Morgan fingerprint density at radius 2 is 2.14 bits per heavy atom. The van der Waals surface area contributed by atoms with E-state index in [1.165, 1.54) is 0 Å². The maximum Gasteiger partial charge on any atom is 0.145 e. The number of aromatic nitrogens is 1. The minimum atomic E-state index is 0.0663. The van der Waals surface area contributed by atoms with Crippen molar-refractivity contribution in [2.45, 2.75) is 19.1 Å². The second-order valence-electron chi connectivity index (χ2n) is 5.20. The standard InChI is InChI=1S/C16H18ClN3O/c17-14-5-3-8-18-16(14)19-13-7-9-20(10-13)15-6-2-1-4-12(15)11-21/h1-6,8,13,21H,7,9-11H2,(H,18,19)/t13-/m0/s1. The Bertz CT molecular complexity index is 620.